The Morgan fingerprint density at radius 3 is 2.07 bits per heavy atom. The zero-order valence-electron chi connectivity index (χ0n) is 52.0. The topological polar surface area (TPSA) is 370 Å². The van der Waals surface area contributed by atoms with E-state index in [1.807, 2.05) is 0 Å². The van der Waals surface area contributed by atoms with E-state index in [9.17, 15) is 48.6 Å². The first kappa shape index (κ1) is 69.9. The van der Waals surface area contributed by atoms with Gasteiger partial charge in [-0.2, -0.15) is 0 Å². The number of nitrogens with one attached hydrogen (secondary N) is 3. The highest BCUT2D eigenvalue weighted by molar-refractivity contribution is 5.97. The maximum absolute atomic E-state index is 15.9. The molecule has 7 rings (SSSR count). The maximum atomic E-state index is 15.9. The summed E-state index contributed by atoms with van der Waals surface area (Å²) in [5, 5.41) is 38.0. The van der Waals surface area contributed by atoms with Crippen molar-refractivity contribution in [1.29, 1.82) is 0 Å². The molecular weight excluding hydrogens is 1180 g/mol. The molecule has 12 atom stereocenters. The molecule has 0 radical (unpaired) electrons. The number of ether oxygens (including phenoxy) is 8. The number of carbonyl (C=O) groups excluding carboxylic acids is 10. The number of unbranched alkanes of at least 4 members (excludes halogenated alkanes) is 3. The zero-order chi connectivity index (χ0) is 66.3. The third kappa shape index (κ3) is 16.0. The number of hydrogen-bond donors (Lipinski definition) is 5. The van der Waals surface area contributed by atoms with Gasteiger partial charge in [0.2, 0.25) is 17.9 Å². The fourth-order valence-electron chi connectivity index (χ4n) is 12.9. The fourth-order valence-corrected chi connectivity index (χ4v) is 12.9. The number of aliphatic hydroxyl groups excluding tert-OH is 1. The van der Waals surface area contributed by atoms with E-state index in [2.05, 4.69) is 26.0 Å². The van der Waals surface area contributed by atoms with Gasteiger partial charge in [0.25, 0.3) is 5.91 Å². The van der Waals surface area contributed by atoms with E-state index in [4.69, 9.17) is 43.4 Å². The summed E-state index contributed by atoms with van der Waals surface area (Å²) in [6.45, 7) is 8.17. The van der Waals surface area contributed by atoms with E-state index in [0.29, 0.717) is 38.6 Å². The molecule has 0 spiro atoms. The molecule has 3 amide bonds. The molecule has 2 bridgehead atoms. The van der Waals surface area contributed by atoms with Crippen LogP contribution in [0.4, 0.5) is 0 Å². The second-order valence-electron chi connectivity index (χ2n) is 23.8. The molecule has 490 valence electrons. The van der Waals surface area contributed by atoms with Crippen LogP contribution < -0.4 is 16.0 Å². The van der Waals surface area contributed by atoms with Gasteiger partial charge in [-0.15, -0.1) is 0 Å². The summed E-state index contributed by atoms with van der Waals surface area (Å²) < 4.78 is 47.5. The summed E-state index contributed by atoms with van der Waals surface area (Å²) >= 11 is 0. The first-order chi connectivity index (χ1) is 43.3. The number of benzene rings is 3. The third-order valence-corrected chi connectivity index (χ3v) is 17.5. The average Bonchev–Trinajstić information content (AvgIpc) is 0.671. The van der Waals surface area contributed by atoms with Crippen molar-refractivity contribution in [3.05, 3.63) is 129 Å². The summed E-state index contributed by atoms with van der Waals surface area (Å²) in [6.07, 6.45) is -8.56. The van der Waals surface area contributed by atoms with E-state index in [1.54, 1.807) is 73.7 Å². The molecule has 1 heterocycles. The van der Waals surface area contributed by atoms with Crippen LogP contribution in [0.15, 0.2) is 107 Å². The van der Waals surface area contributed by atoms with Crippen molar-refractivity contribution in [1.82, 2.24) is 16.0 Å². The van der Waals surface area contributed by atoms with E-state index >= 15 is 9.59 Å². The zero-order valence-corrected chi connectivity index (χ0v) is 52.0. The second-order valence-corrected chi connectivity index (χ2v) is 23.8. The van der Waals surface area contributed by atoms with E-state index in [0.717, 1.165) is 13.8 Å². The maximum Gasteiger partial charge on any atom is 0.350 e. The van der Waals surface area contributed by atoms with Crippen molar-refractivity contribution in [2.45, 2.75) is 166 Å². The normalized spacial score (nSPS) is 25.4. The van der Waals surface area contributed by atoms with Crippen molar-refractivity contribution < 1.29 is 96.1 Å². The Balaban J connectivity index is 1.18. The monoisotopic (exact) mass is 1260 g/mol. The molecule has 3 aromatic carbocycles. The fraction of sp³-hybridized carbons (Fsp3) is 0.538. The van der Waals surface area contributed by atoms with Crippen LogP contribution in [-0.4, -0.2) is 163 Å². The van der Waals surface area contributed by atoms with Gasteiger partial charge in [0.15, 0.2) is 17.5 Å². The Morgan fingerprint density at radius 2 is 1.45 bits per heavy atom. The lowest BCUT2D eigenvalue weighted by Crippen LogP contribution is -2.82. The van der Waals surface area contributed by atoms with Crippen LogP contribution in [0.5, 0.6) is 0 Å². The third-order valence-electron chi connectivity index (χ3n) is 17.5. The largest absolute Gasteiger partial charge is 0.464 e. The first-order valence-corrected chi connectivity index (χ1v) is 30.4. The average molecular weight is 1270 g/mol. The molecule has 4 aliphatic rings. The first-order valence-electron chi connectivity index (χ1n) is 30.4. The summed E-state index contributed by atoms with van der Waals surface area (Å²) in [6, 6.07) is 21.0. The van der Waals surface area contributed by atoms with E-state index in [-0.39, 0.29) is 66.2 Å². The molecule has 1 aliphatic heterocycles. The van der Waals surface area contributed by atoms with Gasteiger partial charge in [0.05, 0.1) is 36.2 Å². The number of ketones is 1. The van der Waals surface area contributed by atoms with Gasteiger partial charge in [-0.3, -0.25) is 28.8 Å². The summed E-state index contributed by atoms with van der Waals surface area (Å²) in [7, 11) is 0. The smallest absolute Gasteiger partial charge is 0.350 e. The van der Waals surface area contributed by atoms with Crippen molar-refractivity contribution in [3.63, 3.8) is 0 Å². The quantitative estimate of drug-likeness (QED) is 0.0109. The summed E-state index contributed by atoms with van der Waals surface area (Å²) in [5.41, 5.74) is 0.390. The second kappa shape index (κ2) is 31.0. The molecule has 91 heavy (non-hydrogen) atoms. The molecule has 26 heteroatoms. The number of azide groups is 1. The van der Waals surface area contributed by atoms with Crippen LogP contribution in [0.1, 0.15) is 139 Å². The Bertz CT molecular complexity index is 3230. The number of fused-ring (bicyclic) bond motifs is 5. The van der Waals surface area contributed by atoms with Gasteiger partial charge in [-0.25, -0.2) is 19.2 Å². The lowest BCUT2D eigenvalue weighted by atomic mass is 9.44. The number of rotatable bonds is 29. The number of esters is 6. The van der Waals surface area contributed by atoms with Crippen molar-refractivity contribution in [2.75, 3.05) is 39.5 Å². The van der Waals surface area contributed by atoms with Crippen molar-refractivity contribution in [2.24, 2.45) is 21.9 Å². The molecule has 3 aromatic rings. The van der Waals surface area contributed by atoms with Crippen LogP contribution in [0.3, 0.4) is 0 Å². The van der Waals surface area contributed by atoms with Crippen LogP contribution in [0.2, 0.25) is 0 Å². The van der Waals surface area contributed by atoms with Crippen molar-refractivity contribution in [3.8, 4) is 0 Å². The molecule has 2 saturated carbocycles. The molecule has 0 aromatic heterocycles. The highest BCUT2D eigenvalue weighted by Gasteiger charge is 2.78. The minimum Gasteiger partial charge on any atom is -0.464 e. The molecule has 1 saturated heterocycles. The van der Waals surface area contributed by atoms with Gasteiger partial charge in [0, 0.05) is 62.1 Å². The molecule has 3 fully saturated rings. The minimum absolute atomic E-state index is 0.00281. The van der Waals surface area contributed by atoms with Crippen LogP contribution in [0, 0.1) is 16.7 Å². The molecule has 0 unspecified atom stereocenters. The number of Topliss-reactive ketones (excluding diaryl/α,β-unsaturated/α-hetero) is 1. The van der Waals surface area contributed by atoms with Crippen LogP contribution in [-0.2, 0) is 76.3 Å². The van der Waals surface area contributed by atoms with Gasteiger partial charge < -0.3 is 64.1 Å². The van der Waals surface area contributed by atoms with Gasteiger partial charge in [0.1, 0.15) is 49.2 Å². The number of aliphatic hydroxyl groups is 2. The molecular formula is C65H80N6O20. The summed E-state index contributed by atoms with van der Waals surface area (Å²) in [5.74, 6) is -10.3. The van der Waals surface area contributed by atoms with Crippen LogP contribution in [0.25, 0.3) is 10.4 Å². The predicted octanol–water partition coefficient (Wildman–Crippen LogP) is 5.51. The van der Waals surface area contributed by atoms with E-state index < -0.39 is 156 Å². The SMILES string of the molecule is CCOC(=O)[C@H](CCCCNC(=O)COCC(=O)O[C@@H](C(=O)O[C@H]1C[C@@]2(O)[C@@H](OC(=O)c3ccccc3)[C@@H]3[C@]4(OC(C)=O)CO[C@@H]4C[C@H](O)[C@@]3(C)C(=O)[C@H](OC(C)=O)C(=C1C)C2(C)C)[C@@H](NC(=O)c1ccccc1)c1ccccc1)NC(=O)CCCCCN=[N+]=[N-]. The predicted molar refractivity (Wildman–Crippen MR) is 320 cm³/mol. The highest BCUT2D eigenvalue weighted by Crippen LogP contribution is 2.64. The number of nitrogens with zero attached hydrogens (tertiary/aromatic N) is 3. The lowest BCUT2D eigenvalue weighted by Gasteiger charge is -2.67. The van der Waals surface area contributed by atoms with E-state index in [1.165, 1.54) is 52.0 Å². The number of amides is 3. The van der Waals surface area contributed by atoms with Gasteiger partial charge in [-0.1, -0.05) is 92.1 Å². The number of carbonyl (C=O) groups is 10. The Kier molecular flexibility index (Phi) is 23.8. The number of hydrogen-bond acceptors (Lipinski definition) is 21. The molecule has 26 nitrogen and oxygen atoms in total. The standard InChI is InChI=1S/C65H80N6O20/c1-8-85-60(81)44(69-48(75)30-19-12-21-32-68-71-66)29-20-22-31-67-49(76)35-84-36-50(77)89-54(52(41-23-13-9-14-24-41)70-58(79)42-25-15-10-16-26-42)61(82)88-45-34-65(83)57(90-59(80)43-27-17-11-18-28-43)55-63(7,46(74)33-47-64(55,37-86-47)91-40(4)73)56(78)53(87-39(3)72)51(38(45)2)62(65,5)6/h9-11,13-18,23-28,44-47,52-55,57,74,83H,8,12,19-22,29-37H2,1-7H3,(H,67,76)(H,69,75)(H,70,79)/t44-,45-,46-,47+,52-,53+,54+,55-,57-,63+,64-,65+/m0/s1. The van der Waals surface area contributed by atoms with Crippen molar-refractivity contribution >= 4 is 59.3 Å². The molecule has 3 aliphatic carbocycles. The van der Waals surface area contributed by atoms with Gasteiger partial charge >= 0.3 is 35.8 Å². The van der Waals surface area contributed by atoms with Crippen LogP contribution >= 0.6 is 0 Å². The highest BCUT2D eigenvalue weighted by atomic mass is 16.6. The minimum atomic E-state index is -2.55. The Morgan fingerprint density at radius 1 is 0.791 bits per heavy atom. The summed E-state index contributed by atoms with van der Waals surface area (Å²) in [4.78, 5) is 142. The lowest BCUT2D eigenvalue weighted by molar-refractivity contribution is -0.346. The van der Waals surface area contributed by atoms with Gasteiger partial charge in [-0.05, 0) is 99.4 Å². The molecule has 5 N–H and O–H groups in total. The Labute approximate surface area is 526 Å². The Hall–Kier alpha value is -8.55.